The number of aromatic nitrogens is 1. The quantitative estimate of drug-likeness (QED) is 0.749. The first kappa shape index (κ1) is 20.5. The number of carbonyl (C=O) groups is 1. The highest BCUT2D eigenvalue weighted by Gasteiger charge is 2.44. The summed E-state index contributed by atoms with van der Waals surface area (Å²) in [7, 11) is 0. The van der Waals surface area contributed by atoms with Crippen molar-refractivity contribution < 1.29 is 9.53 Å². The second kappa shape index (κ2) is 8.99. The number of rotatable bonds is 6. The van der Waals surface area contributed by atoms with Gasteiger partial charge in [-0.25, -0.2) is 0 Å². The lowest BCUT2D eigenvalue weighted by atomic mass is 9.99. The van der Waals surface area contributed by atoms with Gasteiger partial charge in [0.1, 0.15) is 5.75 Å². The molecular weight excluding hydrogens is 386 g/mol. The predicted molar refractivity (Wildman–Crippen MR) is 121 cm³/mol. The van der Waals surface area contributed by atoms with Crippen LogP contribution < -0.4 is 10.1 Å². The predicted octanol–water partition coefficient (Wildman–Crippen LogP) is 4.49. The van der Waals surface area contributed by atoms with Gasteiger partial charge in [0.15, 0.2) is 0 Å². The molecule has 3 fully saturated rings. The van der Waals surface area contributed by atoms with E-state index >= 15 is 0 Å². The molecule has 5 heteroatoms. The van der Waals surface area contributed by atoms with Gasteiger partial charge in [-0.1, -0.05) is 12.1 Å². The van der Waals surface area contributed by atoms with Gasteiger partial charge in [-0.2, -0.15) is 0 Å². The van der Waals surface area contributed by atoms with Crippen molar-refractivity contribution in [3.05, 3.63) is 59.4 Å². The van der Waals surface area contributed by atoms with Crippen molar-refractivity contribution in [3.63, 3.8) is 0 Å². The van der Waals surface area contributed by atoms with Crippen LogP contribution in [-0.2, 0) is 6.54 Å². The Kier molecular flexibility index (Phi) is 5.95. The number of carbonyl (C=O) groups excluding carboxylic acids is 1. The lowest BCUT2D eigenvalue weighted by Crippen LogP contribution is -2.39. The summed E-state index contributed by atoms with van der Waals surface area (Å²) in [5.41, 5.74) is 3.01. The Morgan fingerprint density at radius 3 is 2.84 bits per heavy atom. The van der Waals surface area contributed by atoms with Gasteiger partial charge in [0.25, 0.3) is 5.91 Å². The molecule has 3 aliphatic rings. The molecule has 5 rings (SSSR count). The number of ether oxygens (including phenoxy) is 1. The van der Waals surface area contributed by atoms with Gasteiger partial charge in [0, 0.05) is 31.0 Å². The smallest absolute Gasteiger partial charge is 0.253 e. The lowest BCUT2D eigenvalue weighted by molar-refractivity contribution is 0.0926. The second-order valence-corrected chi connectivity index (χ2v) is 9.57. The summed E-state index contributed by atoms with van der Waals surface area (Å²) in [5, 5.41) is 3.30. The maximum absolute atomic E-state index is 12.7. The molecule has 1 aromatic carbocycles. The molecule has 3 unspecified atom stereocenters. The molecule has 2 aliphatic carbocycles. The fraction of sp³-hybridized carbons (Fsp3) is 0.538. The van der Waals surface area contributed by atoms with Gasteiger partial charge in [0.05, 0.1) is 11.7 Å². The fourth-order valence-electron chi connectivity index (χ4n) is 5.83. The number of nitrogens with one attached hydrogen (secondary N) is 1. The summed E-state index contributed by atoms with van der Waals surface area (Å²) in [6.07, 6.45) is 12.2. The van der Waals surface area contributed by atoms with Crippen molar-refractivity contribution in [2.24, 2.45) is 5.92 Å². The maximum atomic E-state index is 12.7. The monoisotopic (exact) mass is 419 g/mol. The van der Waals surface area contributed by atoms with Crippen molar-refractivity contribution >= 4 is 5.91 Å². The molecule has 0 bridgehead atoms. The van der Waals surface area contributed by atoms with Crippen molar-refractivity contribution in [1.82, 2.24) is 15.2 Å². The lowest BCUT2D eigenvalue weighted by Gasteiger charge is -2.25. The van der Waals surface area contributed by atoms with E-state index in [0.717, 1.165) is 43.7 Å². The third-order valence-corrected chi connectivity index (χ3v) is 7.35. The molecule has 1 amide bonds. The highest BCUT2D eigenvalue weighted by atomic mass is 16.5. The highest BCUT2D eigenvalue weighted by Crippen LogP contribution is 2.39. The van der Waals surface area contributed by atoms with Crippen LogP contribution in [0.5, 0.6) is 5.75 Å². The first-order chi connectivity index (χ1) is 15.2. The zero-order chi connectivity index (χ0) is 21.2. The topological polar surface area (TPSA) is 54.5 Å². The number of hydrogen-bond donors (Lipinski definition) is 1. The van der Waals surface area contributed by atoms with Crippen molar-refractivity contribution in [2.75, 3.05) is 6.54 Å². The average molecular weight is 420 g/mol. The molecule has 2 aromatic rings. The Morgan fingerprint density at radius 1 is 1.13 bits per heavy atom. The Balaban J connectivity index is 1.19. The summed E-state index contributed by atoms with van der Waals surface area (Å²) >= 11 is 0. The van der Waals surface area contributed by atoms with Gasteiger partial charge in [-0.05, 0) is 93.7 Å². The fourth-order valence-corrected chi connectivity index (χ4v) is 5.83. The Hall–Kier alpha value is -2.40. The van der Waals surface area contributed by atoms with E-state index in [2.05, 4.69) is 39.5 Å². The molecule has 0 radical (unpaired) electrons. The number of fused-ring (bicyclic) bond motifs is 1. The molecule has 3 atom stereocenters. The van der Waals surface area contributed by atoms with Crippen molar-refractivity contribution in [2.45, 2.75) is 76.6 Å². The molecule has 1 aromatic heterocycles. The number of pyridine rings is 1. The first-order valence-electron chi connectivity index (χ1n) is 11.9. The minimum absolute atomic E-state index is 0.0112. The van der Waals surface area contributed by atoms with Gasteiger partial charge in [-0.3, -0.25) is 14.7 Å². The van der Waals surface area contributed by atoms with Crippen molar-refractivity contribution in [3.8, 4) is 5.75 Å². The van der Waals surface area contributed by atoms with Gasteiger partial charge >= 0.3 is 0 Å². The Labute approximate surface area is 185 Å². The van der Waals surface area contributed by atoms with Crippen LogP contribution in [0.25, 0.3) is 0 Å². The molecule has 2 saturated carbocycles. The maximum Gasteiger partial charge on any atom is 0.253 e. The summed E-state index contributed by atoms with van der Waals surface area (Å²) in [6, 6.07) is 11.4. The standard InChI is InChI=1S/C26H33N3O2/c1-18-13-20(16-27-15-18)26(30)28-24-9-10-25-23(24)11-12-29(25)17-19-5-4-8-22(14-19)31-21-6-2-3-7-21/h4-5,8,13-16,21,23-25H,2-3,6-7,9-12,17H2,1H3,(H,28,30). The number of aryl methyl sites for hydroxylation is 1. The minimum atomic E-state index is 0.0112. The van der Waals surface area contributed by atoms with Crippen LogP contribution in [0.15, 0.2) is 42.7 Å². The van der Waals surface area contributed by atoms with Crippen LogP contribution in [-0.4, -0.2) is 40.5 Å². The Morgan fingerprint density at radius 2 is 2.00 bits per heavy atom. The van der Waals surface area contributed by atoms with Gasteiger partial charge in [-0.15, -0.1) is 0 Å². The molecule has 2 heterocycles. The van der Waals surface area contributed by atoms with E-state index in [1.807, 2.05) is 13.0 Å². The van der Waals surface area contributed by atoms with Crippen LogP contribution in [0.4, 0.5) is 0 Å². The highest BCUT2D eigenvalue weighted by molar-refractivity contribution is 5.94. The zero-order valence-electron chi connectivity index (χ0n) is 18.4. The first-order valence-corrected chi connectivity index (χ1v) is 11.9. The summed E-state index contributed by atoms with van der Waals surface area (Å²) in [5.74, 6) is 1.57. The van der Waals surface area contributed by atoms with Crippen LogP contribution in [0.3, 0.4) is 0 Å². The molecule has 0 spiro atoms. The van der Waals surface area contributed by atoms with E-state index in [9.17, 15) is 4.79 Å². The summed E-state index contributed by atoms with van der Waals surface area (Å²) in [4.78, 5) is 19.5. The normalized spacial score (nSPS) is 26.2. The number of amides is 1. The van der Waals surface area contributed by atoms with E-state index in [1.54, 1.807) is 12.4 Å². The van der Waals surface area contributed by atoms with E-state index in [0.29, 0.717) is 23.6 Å². The van der Waals surface area contributed by atoms with Crippen LogP contribution in [0.2, 0.25) is 0 Å². The van der Waals surface area contributed by atoms with Gasteiger partial charge < -0.3 is 10.1 Å². The molecule has 164 valence electrons. The van der Waals surface area contributed by atoms with Crippen LogP contribution in [0.1, 0.15) is 66.4 Å². The molecule has 1 N–H and O–H groups in total. The number of likely N-dealkylation sites (tertiary alicyclic amines) is 1. The number of hydrogen-bond acceptors (Lipinski definition) is 4. The summed E-state index contributed by atoms with van der Waals surface area (Å²) < 4.78 is 6.21. The zero-order valence-corrected chi connectivity index (χ0v) is 18.4. The van der Waals surface area contributed by atoms with Crippen LogP contribution >= 0.6 is 0 Å². The minimum Gasteiger partial charge on any atom is -0.490 e. The molecule has 1 saturated heterocycles. The molecular formula is C26H33N3O2. The van der Waals surface area contributed by atoms with Crippen LogP contribution in [0, 0.1) is 12.8 Å². The molecule has 31 heavy (non-hydrogen) atoms. The third-order valence-electron chi connectivity index (χ3n) is 7.35. The van der Waals surface area contributed by atoms with Crippen molar-refractivity contribution in [1.29, 1.82) is 0 Å². The third kappa shape index (κ3) is 4.62. The van der Waals surface area contributed by atoms with E-state index in [-0.39, 0.29) is 11.9 Å². The Bertz CT molecular complexity index is 924. The number of benzene rings is 1. The second-order valence-electron chi connectivity index (χ2n) is 9.57. The number of nitrogens with zero attached hydrogens (tertiary/aromatic N) is 2. The SMILES string of the molecule is Cc1cncc(C(=O)NC2CCC3C2CCN3Cc2cccc(OC3CCCC3)c2)c1. The average Bonchev–Trinajstić information content (AvgIpc) is 3.49. The van der Waals surface area contributed by atoms with E-state index in [4.69, 9.17) is 4.74 Å². The van der Waals surface area contributed by atoms with E-state index < -0.39 is 0 Å². The van der Waals surface area contributed by atoms with Gasteiger partial charge in [0.2, 0.25) is 0 Å². The van der Waals surface area contributed by atoms with E-state index in [1.165, 1.54) is 31.2 Å². The molecule has 1 aliphatic heterocycles. The largest absolute Gasteiger partial charge is 0.490 e. The molecule has 5 nitrogen and oxygen atoms in total. The summed E-state index contributed by atoms with van der Waals surface area (Å²) in [6.45, 7) is 4.03.